The molecule has 162 valence electrons. The third kappa shape index (κ3) is 6.95. The zero-order valence-electron chi connectivity index (χ0n) is 17.2. The molecule has 0 spiro atoms. The zero-order chi connectivity index (χ0) is 20.5. The van der Waals surface area contributed by atoms with E-state index in [-0.39, 0.29) is 30.0 Å². The smallest absolute Gasteiger partial charge is 0.338 e. The summed E-state index contributed by atoms with van der Waals surface area (Å²) in [6.07, 6.45) is 8.13. The van der Waals surface area contributed by atoms with E-state index in [2.05, 4.69) is 10.6 Å². The molecule has 3 N–H and O–H groups in total. The quantitative estimate of drug-likeness (QED) is 0.646. The molecule has 0 radical (unpaired) electrons. The van der Waals surface area contributed by atoms with Gasteiger partial charge in [0.15, 0.2) is 0 Å². The maximum atomic E-state index is 12.8. The van der Waals surface area contributed by atoms with Crippen molar-refractivity contribution in [1.82, 2.24) is 10.6 Å². The second kappa shape index (κ2) is 11.9. The van der Waals surface area contributed by atoms with Crippen LogP contribution in [0.4, 0.5) is 0 Å². The van der Waals surface area contributed by atoms with Crippen LogP contribution in [-0.4, -0.2) is 49.5 Å². The number of carbonyl (C=O) groups is 1. The number of hydrogen-bond donors (Lipinski definition) is 3. The Hall–Kier alpha value is -1.14. The van der Waals surface area contributed by atoms with Crippen LogP contribution in [0.2, 0.25) is 5.02 Å². The molecule has 0 bridgehead atoms. The molecule has 1 heterocycles. The average molecular weight is 423 g/mol. The number of esters is 1. The highest BCUT2D eigenvalue weighted by molar-refractivity contribution is 6.30. The molecule has 1 aromatic carbocycles. The predicted octanol–water partition coefficient (Wildman–Crippen LogP) is 3.79. The van der Waals surface area contributed by atoms with E-state index in [1.165, 1.54) is 19.3 Å². The van der Waals surface area contributed by atoms with Crippen molar-refractivity contribution in [2.45, 2.75) is 63.6 Å². The molecule has 4 unspecified atom stereocenters. The molecule has 2 aliphatic rings. The molecule has 1 aliphatic carbocycles. The first kappa shape index (κ1) is 22.5. The number of halogens is 1. The minimum Gasteiger partial charge on any atom is -0.457 e. The standard InChI is InChI=1S/C23H35ClN2O3/c24-18-11-9-17(10-12-18)23(28)29-22-16-26-14-6-13-25-15-20(22)19-7-4-2-1-3-5-8-21(19)27/h9-12,19-22,25-27H,1-8,13-16H2. The lowest BCUT2D eigenvalue weighted by atomic mass is 9.79. The van der Waals surface area contributed by atoms with E-state index in [4.69, 9.17) is 16.3 Å². The number of hydrogen-bond acceptors (Lipinski definition) is 5. The van der Waals surface area contributed by atoms with Gasteiger partial charge >= 0.3 is 5.97 Å². The van der Waals surface area contributed by atoms with E-state index in [9.17, 15) is 9.90 Å². The van der Waals surface area contributed by atoms with Gasteiger partial charge in [-0.25, -0.2) is 4.79 Å². The van der Waals surface area contributed by atoms with Crippen molar-refractivity contribution in [1.29, 1.82) is 0 Å². The summed E-state index contributed by atoms with van der Waals surface area (Å²) in [5.41, 5.74) is 0.510. The van der Waals surface area contributed by atoms with Crippen LogP contribution in [0, 0.1) is 11.8 Å². The third-order valence-corrected chi connectivity index (χ3v) is 6.58. The number of rotatable bonds is 3. The molecular weight excluding hydrogens is 388 g/mol. The van der Waals surface area contributed by atoms with Crippen molar-refractivity contribution >= 4 is 17.6 Å². The molecule has 0 aromatic heterocycles. The van der Waals surface area contributed by atoms with Crippen LogP contribution >= 0.6 is 11.6 Å². The van der Waals surface area contributed by atoms with Gasteiger partial charge in [-0.2, -0.15) is 0 Å². The zero-order valence-corrected chi connectivity index (χ0v) is 18.0. The topological polar surface area (TPSA) is 70.6 Å². The van der Waals surface area contributed by atoms with E-state index < -0.39 is 0 Å². The van der Waals surface area contributed by atoms with Crippen molar-refractivity contribution in [3.05, 3.63) is 34.9 Å². The van der Waals surface area contributed by atoms with Gasteiger partial charge in [0, 0.05) is 24.0 Å². The average Bonchev–Trinajstić information content (AvgIpc) is 2.89. The molecule has 5 nitrogen and oxygen atoms in total. The van der Waals surface area contributed by atoms with Gasteiger partial charge in [-0.3, -0.25) is 0 Å². The second-order valence-electron chi connectivity index (χ2n) is 8.45. The maximum absolute atomic E-state index is 12.8. The highest BCUT2D eigenvalue weighted by Crippen LogP contribution is 2.31. The first-order valence-corrected chi connectivity index (χ1v) is 11.6. The monoisotopic (exact) mass is 422 g/mol. The molecule has 2 fully saturated rings. The Morgan fingerprint density at radius 2 is 1.55 bits per heavy atom. The van der Waals surface area contributed by atoms with Gasteiger partial charge in [-0.1, -0.05) is 43.7 Å². The Bertz CT molecular complexity index is 625. The van der Waals surface area contributed by atoms with Gasteiger partial charge < -0.3 is 20.5 Å². The van der Waals surface area contributed by atoms with E-state index in [1.807, 2.05) is 0 Å². The number of benzene rings is 1. The minimum absolute atomic E-state index is 0.0879. The van der Waals surface area contributed by atoms with Crippen LogP contribution in [0.3, 0.4) is 0 Å². The fraction of sp³-hybridized carbons (Fsp3) is 0.696. The Labute approximate surface area is 179 Å². The Balaban J connectivity index is 1.77. The Morgan fingerprint density at radius 3 is 2.31 bits per heavy atom. The Morgan fingerprint density at radius 1 is 0.897 bits per heavy atom. The summed E-state index contributed by atoms with van der Waals surface area (Å²) in [7, 11) is 0. The van der Waals surface area contributed by atoms with Crippen LogP contribution in [-0.2, 0) is 4.74 Å². The largest absolute Gasteiger partial charge is 0.457 e. The van der Waals surface area contributed by atoms with Gasteiger partial charge in [0.05, 0.1) is 11.7 Å². The molecule has 3 rings (SSSR count). The first-order chi connectivity index (χ1) is 14.1. The summed E-state index contributed by atoms with van der Waals surface area (Å²) in [5, 5.41) is 18.6. The second-order valence-corrected chi connectivity index (χ2v) is 8.89. The highest BCUT2D eigenvalue weighted by atomic mass is 35.5. The van der Waals surface area contributed by atoms with E-state index in [1.54, 1.807) is 24.3 Å². The fourth-order valence-electron chi connectivity index (χ4n) is 4.65. The van der Waals surface area contributed by atoms with Crippen LogP contribution in [0.5, 0.6) is 0 Å². The molecular formula is C23H35ClN2O3. The van der Waals surface area contributed by atoms with E-state index >= 15 is 0 Å². The summed E-state index contributed by atoms with van der Waals surface area (Å²) >= 11 is 5.95. The summed E-state index contributed by atoms with van der Waals surface area (Å²) in [6, 6.07) is 6.83. The summed E-state index contributed by atoms with van der Waals surface area (Å²) in [6.45, 7) is 3.21. The molecule has 1 saturated heterocycles. The molecule has 1 aliphatic heterocycles. The maximum Gasteiger partial charge on any atom is 0.338 e. The molecule has 29 heavy (non-hydrogen) atoms. The van der Waals surface area contributed by atoms with Crippen molar-refractivity contribution in [2.24, 2.45) is 11.8 Å². The number of ether oxygens (including phenoxy) is 1. The van der Waals surface area contributed by atoms with Crippen molar-refractivity contribution < 1.29 is 14.6 Å². The lowest BCUT2D eigenvalue weighted by Crippen LogP contribution is -2.46. The number of nitrogens with one attached hydrogen (secondary N) is 2. The minimum atomic E-state index is -0.336. The van der Waals surface area contributed by atoms with Crippen LogP contribution in [0.25, 0.3) is 0 Å². The van der Waals surface area contributed by atoms with Crippen LogP contribution in [0.15, 0.2) is 24.3 Å². The first-order valence-electron chi connectivity index (χ1n) is 11.2. The lowest BCUT2D eigenvalue weighted by Gasteiger charge is -2.36. The number of aliphatic hydroxyl groups excluding tert-OH is 1. The van der Waals surface area contributed by atoms with Gasteiger partial charge in [-0.15, -0.1) is 0 Å². The van der Waals surface area contributed by atoms with Crippen LogP contribution in [0.1, 0.15) is 61.7 Å². The van der Waals surface area contributed by atoms with Gasteiger partial charge in [0.1, 0.15) is 6.10 Å². The molecule has 1 aromatic rings. The number of aliphatic hydroxyl groups is 1. The summed E-state index contributed by atoms with van der Waals surface area (Å²) in [5.74, 6) is -0.0938. The van der Waals surface area contributed by atoms with Crippen molar-refractivity contribution in [3.63, 3.8) is 0 Å². The van der Waals surface area contributed by atoms with Crippen LogP contribution < -0.4 is 10.6 Å². The lowest BCUT2D eigenvalue weighted by molar-refractivity contribution is -0.0228. The predicted molar refractivity (Wildman–Crippen MR) is 116 cm³/mol. The SMILES string of the molecule is O=C(OC1CNCCCNCC1C1CCCCCCCC1O)c1ccc(Cl)cc1. The van der Waals surface area contributed by atoms with Crippen molar-refractivity contribution in [3.8, 4) is 0 Å². The molecule has 4 atom stereocenters. The van der Waals surface area contributed by atoms with Crippen molar-refractivity contribution in [2.75, 3.05) is 26.2 Å². The fourth-order valence-corrected chi connectivity index (χ4v) is 4.78. The van der Waals surface area contributed by atoms with E-state index in [0.717, 1.165) is 51.7 Å². The number of carbonyl (C=O) groups excluding carboxylic acids is 1. The molecule has 1 saturated carbocycles. The normalized spacial score (nSPS) is 30.0. The highest BCUT2D eigenvalue weighted by Gasteiger charge is 2.36. The Kier molecular flexibility index (Phi) is 9.25. The van der Waals surface area contributed by atoms with E-state index in [0.29, 0.717) is 17.1 Å². The molecule has 6 heteroatoms. The summed E-state index contributed by atoms with van der Waals surface area (Å²) in [4.78, 5) is 12.8. The third-order valence-electron chi connectivity index (χ3n) is 6.33. The van der Waals surface area contributed by atoms with Gasteiger partial charge in [0.2, 0.25) is 0 Å². The van der Waals surface area contributed by atoms with Gasteiger partial charge in [0.25, 0.3) is 0 Å². The molecule has 0 amide bonds. The summed E-state index contributed by atoms with van der Waals surface area (Å²) < 4.78 is 6.03. The van der Waals surface area contributed by atoms with Gasteiger partial charge in [-0.05, 0) is 62.5 Å².